The summed E-state index contributed by atoms with van der Waals surface area (Å²) in [6.45, 7) is -0.0296. The third kappa shape index (κ3) is 4.63. The number of hydrogen-bond donors (Lipinski definition) is 0. The number of esters is 1. The topological polar surface area (TPSA) is 96.6 Å². The molecule has 4 aromatic rings. The zero-order valence-corrected chi connectivity index (χ0v) is 21.0. The van der Waals surface area contributed by atoms with E-state index in [4.69, 9.17) is 23.6 Å². The molecule has 0 radical (unpaired) electrons. The Morgan fingerprint density at radius 3 is 2.65 bits per heavy atom. The Balaban J connectivity index is 1.23. The van der Waals surface area contributed by atoms with Crippen molar-refractivity contribution in [3.8, 4) is 34.2 Å². The molecule has 37 heavy (non-hydrogen) atoms. The van der Waals surface area contributed by atoms with Crippen molar-refractivity contribution in [2.75, 3.05) is 14.2 Å². The van der Waals surface area contributed by atoms with Gasteiger partial charge in [0.1, 0.15) is 0 Å². The van der Waals surface area contributed by atoms with Crippen LogP contribution in [0.15, 0.2) is 52.9 Å². The molecule has 2 aromatic heterocycles. The summed E-state index contributed by atoms with van der Waals surface area (Å²) < 4.78 is 22.3. The Hall–Kier alpha value is -3.94. The normalized spacial score (nSPS) is 20.3. The van der Waals surface area contributed by atoms with Gasteiger partial charge in [-0.2, -0.15) is 0 Å². The molecule has 2 bridgehead atoms. The van der Waals surface area contributed by atoms with Crippen molar-refractivity contribution in [2.45, 2.75) is 38.7 Å². The first kappa shape index (κ1) is 23.5. The highest BCUT2D eigenvalue weighted by atomic mass is 16.5. The van der Waals surface area contributed by atoms with E-state index in [-0.39, 0.29) is 18.5 Å². The number of hydrogen-bond acceptors (Lipinski definition) is 8. The van der Waals surface area contributed by atoms with Gasteiger partial charge >= 0.3 is 5.97 Å². The molecule has 2 aromatic carbocycles. The summed E-state index contributed by atoms with van der Waals surface area (Å²) in [5, 5.41) is 9.29. The predicted molar refractivity (Wildman–Crippen MR) is 137 cm³/mol. The Kier molecular flexibility index (Phi) is 6.24. The summed E-state index contributed by atoms with van der Waals surface area (Å²) in [5.74, 6) is 3.63. The number of ether oxygens (including phenoxy) is 3. The van der Waals surface area contributed by atoms with Gasteiger partial charge in [-0.3, -0.25) is 4.79 Å². The van der Waals surface area contributed by atoms with Crippen LogP contribution in [0.4, 0.5) is 0 Å². The van der Waals surface area contributed by atoms with Gasteiger partial charge in [-0.1, -0.05) is 24.6 Å². The van der Waals surface area contributed by atoms with Crippen LogP contribution in [0.25, 0.3) is 33.6 Å². The standard InChI is InChI=1S/C29H29N3O5/c1-34-25-10-9-19(13-26(25)35-2)24-15-22(21-5-3-4-6-23(21)30-24)29-32-31-27(37-29)16-36-28(33)14-20-12-17-7-8-18(20)11-17/h3-6,9-10,13,15,17-18,20H,7-8,11-12,14,16H2,1-2H3/t17-,18-,20+/m0/s1. The number of nitrogens with zero attached hydrogens (tertiary/aromatic N) is 3. The van der Waals surface area contributed by atoms with Gasteiger partial charge in [0.2, 0.25) is 5.89 Å². The fraction of sp³-hybridized carbons (Fsp3) is 0.379. The Morgan fingerprint density at radius 1 is 1.00 bits per heavy atom. The molecule has 2 heterocycles. The molecule has 0 saturated heterocycles. The lowest BCUT2D eigenvalue weighted by Gasteiger charge is -2.20. The van der Waals surface area contributed by atoms with Gasteiger partial charge in [-0.25, -0.2) is 4.98 Å². The van der Waals surface area contributed by atoms with Crippen LogP contribution in [0.5, 0.6) is 11.5 Å². The van der Waals surface area contributed by atoms with Crippen LogP contribution in [-0.4, -0.2) is 35.4 Å². The van der Waals surface area contributed by atoms with Gasteiger partial charge in [-0.15, -0.1) is 10.2 Å². The first-order chi connectivity index (χ1) is 18.1. The van der Waals surface area contributed by atoms with Gasteiger partial charge in [0.25, 0.3) is 5.89 Å². The zero-order chi connectivity index (χ0) is 25.4. The van der Waals surface area contributed by atoms with Crippen molar-refractivity contribution in [1.82, 2.24) is 15.2 Å². The smallest absolute Gasteiger partial charge is 0.306 e. The highest BCUT2D eigenvalue weighted by Gasteiger charge is 2.40. The Labute approximate surface area is 215 Å². The van der Waals surface area contributed by atoms with Gasteiger partial charge in [0, 0.05) is 17.4 Å². The number of aromatic nitrogens is 3. The van der Waals surface area contributed by atoms with Gasteiger partial charge in [0.05, 0.1) is 31.0 Å². The van der Waals surface area contributed by atoms with Crippen molar-refractivity contribution in [3.63, 3.8) is 0 Å². The predicted octanol–water partition coefficient (Wildman–Crippen LogP) is 5.84. The van der Waals surface area contributed by atoms with E-state index in [9.17, 15) is 4.79 Å². The number of fused-ring (bicyclic) bond motifs is 3. The van der Waals surface area contributed by atoms with Crippen LogP contribution in [0.3, 0.4) is 0 Å². The van der Waals surface area contributed by atoms with Crippen LogP contribution >= 0.6 is 0 Å². The molecular formula is C29H29N3O5. The lowest BCUT2D eigenvalue weighted by molar-refractivity contribution is -0.147. The number of methoxy groups -OCH3 is 2. The molecule has 0 spiro atoms. The van der Waals surface area contributed by atoms with Crippen molar-refractivity contribution < 1.29 is 23.4 Å². The number of rotatable bonds is 8. The molecular weight excluding hydrogens is 470 g/mol. The average molecular weight is 500 g/mol. The number of pyridine rings is 1. The minimum atomic E-state index is -0.192. The molecule has 3 atom stereocenters. The molecule has 8 nitrogen and oxygen atoms in total. The number of carbonyl (C=O) groups excluding carboxylic acids is 1. The Bertz CT molecular complexity index is 1450. The molecule has 2 saturated carbocycles. The van der Waals surface area contributed by atoms with Crippen LogP contribution in [-0.2, 0) is 16.1 Å². The maximum absolute atomic E-state index is 12.5. The van der Waals surface area contributed by atoms with Crippen LogP contribution in [0.2, 0.25) is 0 Å². The molecule has 8 heteroatoms. The van der Waals surface area contributed by atoms with E-state index in [2.05, 4.69) is 10.2 Å². The van der Waals surface area contributed by atoms with Crippen molar-refractivity contribution >= 4 is 16.9 Å². The second kappa shape index (κ2) is 9.84. The largest absolute Gasteiger partial charge is 0.493 e. The van der Waals surface area contributed by atoms with Gasteiger partial charge < -0.3 is 18.6 Å². The molecule has 0 unspecified atom stereocenters. The minimum Gasteiger partial charge on any atom is -0.493 e. The van der Waals surface area contributed by atoms with E-state index in [0.29, 0.717) is 35.6 Å². The average Bonchev–Trinajstić information content (AvgIpc) is 3.69. The van der Waals surface area contributed by atoms with Crippen LogP contribution < -0.4 is 9.47 Å². The first-order valence-electron chi connectivity index (χ1n) is 12.7. The monoisotopic (exact) mass is 499 g/mol. The fourth-order valence-electron chi connectivity index (χ4n) is 5.96. The molecule has 0 N–H and O–H groups in total. The highest BCUT2D eigenvalue weighted by Crippen LogP contribution is 2.49. The van der Waals surface area contributed by atoms with Gasteiger partial charge in [-0.05, 0) is 67.3 Å². The zero-order valence-electron chi connectivity index (χ0n) is 21.0. The number of benzene rings is 2. The van der Waals surface area contributed by atoms with E-state index in [0.717, 1.165) is 40.1 Å². The van der Waals surface area contributed by atoms with E-state index in [1.54, 1.807) is 14.2 Å². The molecule has 2 aliphatic carbocycles. The van der Waals surface area contributed by atoms with Gasteiger partial charge in [0.15, 0.2) is 18.1 Å². The molecule has 0 amide bonds. The van der Waals surface area contributed by atoms with Crippen molar-refractivity contribution in [1.29, 1.82) is 0 Å². The fourth-order valence-corrected chi connectivity index (χ4v) is 5.96. The second-order valence-corrected chi connectivity index (χ2v) is 9.94. The highest BCUT2D eigenvalue weighted by molar-refractivity contribution is 5.94. The second-order valence-electron chi connectivity index (χ2n) is 9.94. The molecule has 190 valence electrons. The number of carbonyl (C=O) groups is 1. The molecule has 6 rings (SSSR count). The summed E-state index contributed by atoms with van der Waals surface area (Å²) in [7, 11) is 3.21. The lowest BCUT2D eigenvalue weighted by atomic mass is 9.86. The van der Waals surface area contributed by atoms with Crippen molar-refractivity contribution in [2.24, 2.45) is 17.8 Å². The quantitative estimate of drug-likeness (QED) is 0.279. The summed E-state index contributed by atoms with van der Waals surface area (Å²) in [5.41, 5.74) is 3.13. The van der Waals surface area contributed by atoms with E-state index in [1.807, 2.05) is 48.5 Å². The van der Waals surface area contributed by atoms with E-state index < -0.39 is 0 Å². The summed E-state index contributed by atoms with van der Waals surface area (Å²) >= 11 is 0. The van der Waals surface area contributed by atoms with E-state index in [1.165, 1.54) is 19.3 Å². The van der Waals surface area contributed by atoms with Crippen LogP contribution in [0.1, 0.15) is 38.0 Å². The third-order valence-corrected chi connectivity index (χ3v) is 7.76. The summed E-state index contributed by atoms with van der Waals surface area (Å²) in [6, 6.07) is 15.4. The van der Waals surface area contributed by atoms with E-state index >= 15 is 0 Å². The summed E-state index contributed by atoms with van der Waals surface area (Å²) in [4.78, 5) is 17.3. The van der Waals surface area contributed by atoms with Crippen LogP contribution in [0, 0.1) is 17.8 Å². The SMILES string of the molecule is COc1ccc(-c2cc(-c3nnc(COC(=O)C[C@H]4C[C@H]5CC[C@H]4C5)o3)c3ccccc3n2)cc1OC. The molecule has 2 fully saturated rings. The molecule has 2 aliphatic rings. The summed E-state index contributed by atoms with van der Waals surface area (Å²) in [6.07, 6.45) is 5.48. The minimum absolute atomic E-state index is 0.0296. The molecule has 0 aliphatic heterocycles. The maximum atomic E-state index is 12.5. The Morgan fingerprint density at radius 2 is 1.86 bits per heavy atom. The third-order valence-electron chi connectivity index (χ3n) is 7.76. The number of para-hydroxylation sites is 1. The lowest BCUT2D eigenvalue weighted by Crippen LogP contribution is -2.17. The first-order valence-corrected chi connectivity index (χ1v) is 12.7. The maximum Gasteiger partial charge on any atom is 0.306 e. The van der Waals surface area contributed by atoms with Crippen molar-refractivity contribution in [3.05, 3.63) is 54.4 Å².